The number of aliphatic hydroxyl groups is 3. The summed E-state index contributed by atoms with van der Waals surface area (Å²) in [5.74, 6) is -8.51. The third kappa shape index (κ3) is 18.6. The van der Waals surface area contributed by atoms with Crippen LogP contribution >= 0.6 is 0 Å². The fourth-order valence-electron chi connectivity index (χ4n) is 1.37. The van der Waals surface area contributed by atoms with Crippen LogP contribution in [0.25, 0.3) is 0 Å². The maximum absolute atomic E-state index is 10.8. The minimum absolute atomic E-state index is 0. The molecule has 0 aromatic heterocycles. The van der Waals surface area contributed by atoms with Crippen LogP contribution in [0, 0.1) is 0 Å². The Bertz CT molecular complexity index is 859. The number of carbonyl (C=O) groups is 6. The highest BCUT2D eigenvalue weighted by Gasteiger charge is 2.24. The molecule has 0 spiro atoms. The molecule has 0 saturated heterocycles. The molecule has 17 nitrogen and oxygen atoms in total. The normalized spacial score (nSPS) is 8.58. The summed E-state index contributed by atoms with van der Waals surface area (Å²) in [6.07, 6.45) is -0.954. The molecule has 216 valence electrons. The lowest BCUT2D eigenvalue weighted by atomic mass is 9.98. The monoisotopic (exact) mass is 554 g/mol. The molecule has 38 heavy (non-hydrogen) atoms. The van der Waals surface area contributed by atoms with Gasteiger partial charge in [0.15, 0.2) is 0 Å². The van der Waals surface area contributed by atoms with Gasteiger partial charge in [0, 0.05) is 11.1 Å². The zero-order chi connectivity index (χ0) is 29.3. The Kier molecular flexibility index (Phi) is 24.7. The van der Waals surface area contributed by atoms with Gasteiger partial charge in [-0.1, -0.05) is 13.2 Å². The molecule has 0 saturated carbocycles. The molecule has 13 N–H and O–H groups in total. The van der Waals surface area contributed by atoms with E-state index in [1.54, 1.807) is 0 Å². The van der Waals surface area contributed by atoms with E-state index < -0.39 is 64.2 Å². The van der Waals surface area contributed by atoms with Crippen molar-refractivity contribution in [3.8, 4) is 0 Å². The second kappa shape index (κ2) is 21.6. The Morgan fingerprint density at radius 3 is 0.816 bits per heavy atom. The number of aliphatic hydroxyl groups excluding tert-OH is 3. The maximum atomic E-state index is 10.8. The third-order valence-electron chi connectivity index (χ3n) is 3.23. The van der Waals surface area contributed by atoms with Gasteiger partial charge in [-0.05, 0) is 26.0 Å². The van der Waals surface area contributed by atoms with Gasteiger partial charge >= 0.3 is 35.8 Å². The fourth-order valence-corrected chi connectivity index (χ4v) is 1.37. The predicted molar refractivity (Wildman–Crippen MR) is 127 cm³/mol. The van der Waals surface area contributed by atoms with Crippen LogP contribution in [0.4, 0.5) is 0 Å². The first-order valence-corrected chi connectivity index (χ1v) is 9.14. The van der Waals surface area contributed by atoms with E-state index in [1.165, 1.54) is 13.8 Å². The van der Waals surface area contributed by atoms with Crippen LogP contribution < -0.4 is 0 Å². The molecular weight excluding hydrogens is 524 g/mol. The van der Waals surface area contributed by atoms with Gasteiger partial charge in [0.05, 0.1) is 35.5 Å². The molecule has 1 rings (SSSR count). The van der Waals surface area contributed by atoms with E-state index in [0.717, 1.165) is 0 Å². The summed E-state index contributed by atoms with van der Waals surface area (Å²) >= 11 is 0. The zero-order valence-electron chi connectivity index (χ0n) is 20.0. The molecule has 0 atom stereocenters. The Labute approximate surface area is 214 Å². The van der Waals surface area contributed by atoms with E-state index in [1.807, 2.05) is 0 Å². The molecule has 0 amide bonds. The summed E-state index contributed by atoms with van der Waals surface area (Å²) in [6.45, 7) is 8.47. The average Bonchev–Trinajstić information content (AvgIpc) is 2.78. The van der Waals surface area contributed by atoms with Crippen molar-refractivity contribution < 1.29 is 85.7 Å². The predicted octanol–water partition coefficient (Wildman–Crippen LogP) is -1.54. The van der Waals surface area contributed by atoms with Crippen molar-refractivity contribution in [2.45, 2.75) is 20.0 Å². The molecule has 1 aromatic carbocycles. The van der Waals surface area contributed by atoms with Crippen molar-refractivity contribution in [1.82, 2.24) is 0 Å². The number of carboxylic acid groups (broad SMARTS) is 6. The second-order valence-corrected chi connectivity index (χ2v) is 6.35. The van der Waals surface area contributed by atoms with Crippen molar-refractivity contribution in [2.24, 2.45) is 0 Å². The molecule has 0 aliphatic heterocycles. The van der Waals surface area contributed by atoms with Crippen LogP contribution in [0.5, 0.6) is 0 Å². The third-order valence-corrected chi connectivity index (χ3v) is 3.23. The fraction of sp³-hybridized carbons (Fsp3) is 0.238. The lowest BCUT2D eigenvalue weighted by molar-refractivity contribution is -0.133. The standard InChI is InChI=1S/C10H6O8.2C4H6O2.C3H8O3.2H2O/c11-7(12)3-1-4(8(13)14)6(10(17)18)2-5(3)9(15)16;2*1-3(2)4(5)6;4-1-3(6)2-5;;/h1-2H,(H,11,12)(H,13,14)(H,15,16)(H,17,18);2*1H2,2H3,(H,5,6);3-6H,1-2H2;2*1H2. The highest BCUT2D eigenvalue weighted by atomic mass is 16.4. The smallest absolute Gasteiger partial charge is 0.336 e. The SMILES string of the molecule is C=C(C)C(=O)O.C=C(C)C(=O)O.O.O.O=C(O)c1cc(C(=O)O)c(C(=O)O)cc1C(=O)O.OCC(O)CO. The van der Waals surface area contributed by atoms with E-state index in [9.17, 15) is 28.8 Å². The summed E-state index contributed by atoms with van der Waals surface area (Å²) < 4.78 is 0. The molecular formula is C21H30O17. The quantitative estimate of drug-likeness (QED) is 0.164. The van der Waals surface area contributed by atoms with Crippen LogP contribution in [0.15, 0.2) is 36.4 Å². The molecule has 0 heterocycles. The minimum Gasteiger partial charge on any atom is -0.478 e. The largest absolute Gasteiger partial charge is 0.478 e. The second-order valence-electron chi connectivity index (χ2n) is 6.35. The van der Waals surface area contributed by atoms with Crippen molar-refractivity contribution in [3.63, 3.8) is 0 Å². The summed E-state index contributed by atoms with van der Waals surface area (Å²) in [6, 6.07) is 1.02. The molecule has 0 aliphatic rings. The minimum atomic E-state index is -1.66. The van der Waals surface area contributed by atoms with Gasteiger partial charge in [-0.15, -0.1) is 0 Å². The maximum Gasteiger partial charge on any atom is 0.336 e. The molecule has 1 aromatic rings. The Morgan fingerprint density at radius 2 is 0.763 bits per heavy atom. The number of aliphatic carboxylic acids is 2. The number of aromatic carboxylic acids is 4. The van der Waals surface area contributed by atoms with Gasteiger partial charge in [0.2, 0.25) is 0 Å². The van der Waals surface area contributed by atoms with Gasteiger partial charge in [-0.2, -0.15) is 0 Å². The van der Waals surface area contributed by atoms with Crippen LogP contribution in [-0.4, -0.2) is 112 Å². The number of hydrogen-bond donors (Lipinski definition) is 9. The van der Waals surface area contributed by atoms with E-state index in [0.29, 0.717) is 12.1 Å². The van der Waals surface area contributed by atoms with E-state index in [4.69, 9.17) is 46.0 Å². The topological polar surface area (TPSA) is 347 Å². The molecule has 17 heteroatoms. The van der Waals surface area contributed by atoms with Gasteiger partial charge < -0.3 is 56.9 Å². The molecule has 0 radical (unpaired) electrons. The van der Waals surface area contributed by atoms with Gasteiger partial charge in [0.25, 0.3) is 0 Å². The Balaban J connectivity index is -0.000000151. The summed E-state index contributed by atoms with van der Waals surface area (Å²) in [5.41, 5.74) is -2.80. The van der Waals surface area contributed by atoms with Crippen LogP contribution in [0.3, 0.4) is 0 Å². The molecule has 0 fully saturated rings. The highest BCUT2D eigenvalue weighted by Crippen LogP contribution is 2.18. The van der Waals surface area contributed by atoms with Crippen molar-refractivity contribution in [1.29, 1.82) is 0 Å². The van der Waals surface area contributed by atoms with Crippen LogP contribution in [-0.2, 0) is 9.59 Å². The number of hydrogen-bond acceptors (Lipinski definition) is 9. The van der Waals surface area contributed by atoms with Crippen LogP contribution in [0.2, 0.25) is 0 Å². The molecule has 0 unspecified atom stereocenters. The Morgan fingerprint density at radius 1 is 0.605 bits per heavy atom. The zero-order valence-corrected chi connectivity index (χ0v) is 20.0. The number of benzene rings is 1. The van der Waals surface area contributed by atoms with Crippen molar-refractivity contribution >= 4 is 35.8 Å². The summed E-state index contributed by atoms with van der Waals surface area (Å²) in [5, 5.41) is 74.8. The molecule has 0 bridgehead atoms. The summed E-state index contributed by atoms with van der Waals surface area (Å²) in [4.78, 5) is 62.3. The number of carboxylic acids is 6. The summed E-state index contributed by atoms with van der Waals surface area (Å²) in [7, 11) is 0. The van der Waals surface area contributed by atoms with Gasteiger partial charge in [-0.25, -0.2) is 28.8 Å². The first-order chi connectivity index (χ1) is 16.3. The Hall–Kier alpha value is -4.68. The first kappa shape index (κ1) is 43.4. The van der Waals surface area contributed by atoms with E-state index >= 15 is 0 Å². The molecule has 0 aliphatic carbocycles. The van der Waals surface area contributed by atoms with Crippen molar-refractivity contribution in [2.75, 3.05) is 13.2 Å². The van der Waals surface area contributed by atoms with Gasteiger partial charge in [-0.3, -0.25) is 0 Å². The lowest BCUT2D eigenvalue weighted by Crippen LogP contribution is -2.15. The van der Waals surface area contributed by atoms with E-state index in [2.05, 4.69) is 13.2 Å². The van der Waals surface area contributed by atoms with Crippen molar-refractivity contribution in [3.05, 3.63) is 58.7 Å². The first-order valence-electron chi connectivity index (χ1n) is 9.14. The number of rotatable bonds is 8. The van der Waals surface area contributed by atoms with Crippen LogP contribution in [0.1, 0.15) is 55.3 Å². The average molecular weight is 554 g/mol. The lowest BCUT2D eigenvalue weighted by Gasteiger charge is -2.06. The highest BCUT2D eigenvalue weighted by molar-refractivity contribution is 6.09. The van der Waals surface area contributed by atoms with Gasteiger partial charge in [0.1, 0.15) is 6.10 Å². The van der Waals surface area contributed by atoms with E-state index in [-0.39, 0.29) is 35.3 Å².